The summed E-state index contributed by atoms with van der Waals surface area (Å²) >= 11 is 0. The van der Waals surface area contributed by atoms with Crippen LogP contribution in [0.5, 0.6) is 0 Å². The number of hydrogen-bond donors (Lipinski definition) is 1. The molecule has 0 fully saturated rings. The lowest BCUT2D eigenvalue weighted by Gasteiger charge is -2.18. The quantitative estimate of drug-likeness (QED) is 0.778. The highest BCUT2D eigenvalue weighted by atomic mass is 14.5. The Morgan fingerprint density at radius 1 is 1.00 bits per heavy atom. The summed E-state index contributed by atoms with van der Waals surface area (Å²) < 4.78 is 0. The van der Waals surface area contributed by atoms with E-state index in [1.807, 2.05) is 0 Å². The lowest BCUT2D eigenvalue weighted by molar-refractivity contribution is 0.795. The zero-order valence-electron chi connectivity index (χ0n) is 9.67. The van der Waals surface area contributed by atoms with Crippen LogP contribution < -0.4 is 5.73 Å². The van der Waals surface area contributed by atoms with E-state index >= 15 is 0 Å². The Morgan fingerprint density at radius 3 is 1.71 bits per heavy atom. The summed E-state index contributed by atoms with van der Waals surface area (Å²) in [6, 6.07) is 6.53. The van der Waals surface area contributed by atoms with Gasteiger partial charge in [0.15, 0.2) is 0 Å². The Hall–Kier alpha value is -0.820. The molecular weight excluding hydrogens is 170 g/mol. The smallest absolute Gasteiger partial charge is 0.0183 e. The molecule has 0 aromatic heterocycles. The van der Waals surface area contributed by atoms with E-state index in [-0.39, 0.29) is 0 Å². The molecule has 0 aliphatic heterocycles. The minimum atomic E-state index is 0.562. The second-order valence-electron chi connectivity index (χ2n) is 4.43. The van der Waals surface area contributed by atoms with Crippen molar-refractivity contribution >= 4 is 0 Å². The molecule has 0 amide bonds. The van der Waals surface area contributed by atoms with E-state index in [4.69, 9.17) is 5.73 Å². The fraction of sp³-hybridized carbons (Fsp3) is 0.538. The van der Waals surface area contributed by atoms with E-state index in [0.29, 0.717) is 18.4 Å². The van der Waals surface area contributed by atoms with Crippen LogP contribution in [-0.4, -0.2) is 0 Å². The molecular formula is C13H21N. The van der Waals surface area contributed by atoms with Crippen molar-refractivity contribution in [3.63, 3.8) is 0 Å². The third kappa shape index (κ3) is 2.16. The van der Waals surface area contributed by atoms with E-state index in [1.165, 1.54) is 16.7 Å². The maximum Gasteiger partial charge on any atom is 0.0183 e. The first-order valence-electron chi connectivity index (χ1n) is 5.39. The summed E-state index contributed by atoms with van der Waals surface area (Å²) in [7, 11) is 0. The van der Waals surface area contributed by atoms with Crippen molar-refractivity contribution in [3.8, 4) is 0 Å². The molecule has 1 heteroatoms. The SMILES string of the molecule is CC(C)c1cccc(C(C)C)c1CN. The van der Waals surface area contributed by atoms with Gasteiger partial charge >= 0.3 is 0 Å². The van der Waals surface area contributed by atoms with Crippen LogP contribution in [0.4, 0.5) is 0 Å². The molecule has 1 nitrogen and oxygen atoms in total. The molecule has 0 bridgehead atoms. The first-order valence-corrected chi connectivity index (χ1v) is 5.39. The Labute approximate surface area is 87.3 Å². The number of hydrogen-bond acceptors (Lipinski definition) is 1. The number of benzene rings is 1. The molecule has 2 N–H and O–H groups in total. The number of nitrogens with two attached hydrogens (primary N) is 1. The largest absolute Gasteiger partial charge is 0.326 e. The summed E-state index contributed by atoms with van der Waals surface area (Å²) in [6.45, 7) is 9.54. The van der Waals surface area contributed by atoms with Crippen LogP contribution in [0.15, 0.2) is 18.2 Å². The molecule has 0 saturated carbocycles. The van der Waals surface area contributed by atoms with Crippen LogP contribution in [0.3, 0.4) is 0 Å². The highest BCUT2D eigenvalue weighted by Crippen LogP contribution is 2.26. The topological polar surface area (TPSA) is 26.0 Å². The summed E-state index contributed by atoms with van der Waals surface area (Å²) in [5.74, 6) is 1.12. The third-order valence-corrected chi connectivity index (χ3v) is 2.70. The van der Waals surface area contributed by atoms with Crippen molar-refractivity contribution in [1.29, 1.82) is 0 Å². The molecule has 0 aliphatic carbocycles. The van der Waals surface area contributed by atoms with Crippen molar-refractivity contribution in [2.24, 2.45) is 5.73 Å². The third-order valence-electron chi connectivity index (χ3n) is 2.70. The van der Waals surface area contributed by atoms with Gasteiger partial charge in [-0.2, -0.15) is 0 Å². The molecule has 1 aromatic rings. The van der Waals surface area contributed by atoms with Crippen LogP contribution >= 0.6 is 0 Å². The van der Waals surface area contributed by atoms with Gasteiger partial charge in [-0.05, 0) is 28.5 Å². The fourth-order valence-corrected chi connectivity index (χ4v) is 1.94. The average molecular weight is 191 g/mol. The van der Waals surface area contributed by atoms with Gasteiger partial charge in [0.05, 0.1) is 0 Å². The molecule has 0 aliphatic rings. The summed E-state index contributed by atoms with van der Waals surface area (Å²) in [4.78, 5) is 0. The molecule has 14 heavy (non-hydrogen) atoms. The maximum absolute atomic E-state index is 5.83. The molecule has 78 valence electrons. The Bertz CT molecular complexity index is 274. The molecule has 0 saturated heterocycles. The van der Waals surface area contributed by atoms with E-state index in [0.717, 1.165) is 0 Å². The zero-order valence-corrected chi connectivity index (χ0v) is 9.67. The molecule has 1 rings (SSSR count). The predicted octanol–water partition coefficient (Wildman–Crippen LogP) is 3.39. The minimum Gasteiger partial charge on any atom is -0.326 e. The zero-order chi connectivity index (χ0) is 10.7. The summed E-state index contributed by atoms with van der Waals surface area (Å²) in [5, 5.41) is 0. The Kier molecular flexibility index (Phi) is 3.70. The van der Waals surface area contributed by atoms with Crippen molar-refractivity contribution in [2.45, 2.75) is 46.1 Å². The average Bonchev–Trinajstić information content (AvgIpc) is 2.16. The molecule has 0 atom stereocenters. The first kappa shape index (κ1) is 11.3. The molecule has 0 radical (unpaired) electrons. The van der Waals surface area contributed by atoms with Crippen molar-refractivity contribution in [3.05, 3.63) is 34.9 Å². The molecule has 0 unspecified atom stereocenters. The van der Waals surface area contributed by atoms with Gasteiger partial charge in [0.1, 0.15) is 0 Å². The standard InChI is InChI=1S/C13H21N/c1-9(2)11-6-5-7-12(10(3)4)13(11)8-14/h5-7,9-10H,8,14H2,1-4H3. The van der Waals surface area contributed by atoms with E-state index in [9.17, 15) is 0 Å². The van der Waals surface area contributed by atoms with Gasteiger partial charge in [-0.25, -0.2) is 0 Å². The van der Waals surface area contributed by atoms with Gasteiger partial charge < -0.3 is 5.73 Å². The van der Waals surface area contributed by atoms with Gasteiger partial charge in [0.2, 0.25) is 0 Å². The summed E-state index contributed by atoms with van der Waals surface area (Å²) in [5.41, 5.74) is 9.98. The van der Waals surface area contributed by atoms with Crippen LogP contribution in [0, 0.1) is 0 Å². The van der Waals surface area contributed by atoms with E-state index in [2.05, 4.69) is 45.9 Å². The second kappa shape index (κ2) is 4.61. The number of rotatable bonds is 3. The lowest BCUT2D eigenvalue weighted by Crippen LogP contribution is -2.08. The Morgan fingerprint density at radius 2 is 1.43 bits per heavy atom. The van der Waals surface area contributed by atoms with Crippen molar-refractivity contribution in [1.82, 2.24) is 0 Å². The van der Waals surface area contributed by atoms with Crippen LogP contribution in [0.25, 0.3) is 0 Å². The van der Waals surface area contributed by atoms with Gasteiger partial charge in [-0.3, -0.25) is 0 Å². The van der Waals surface area contributed by atoms with Gasteiger partial charge in [0.25, 0.3) is 0 Å². The van der Waals surface area contributed by atoms with E-state index < -0.39 is 0 Å². The Balaban J connectivity index is 3.25. The van der Waals surface area contributed by atoms with Crippen molar-refractivity contribution < 1.29 is 0 Å². The van der Waals surface area contributed by atoms with Crippen LogP contribution in [-0.2, 0) is 6.54 Å². The first-order chi connectivity index (χ1) is 6.57. The van der Waals surface area contributed by atoms with Crippen LogP contribution in [0.2, 0.25) is 0 Å². The maximum atomic E-state index is 5.83. The van der Waals surface area contributed by atoms with Gasteiger partial charge in [-0.1, -0.05) is 45.9 Å². The van der Waals surface area contributed by atoms with E-state index in [1.54, 1.807) is 0 Å². The van der Waals surface area contributed by atoms with Gasteiger partial charge in [0, 0.05) is 6.54 Å². The van der Waals surface area contributed by atoms with Crippen LogP contribution in [0.1, 0.15) is 56.2 Å². The summed E-state index contributed by atoms with van der Waals surface area (Å²) in [6.07, 6.45) is 0. The minimum absolute atomic E-state index is 0.562. The lowest BCUT2D eigenvalue weighted by atomic mass is 9.89. The second-order valence-corrected chi connectivity index (χ2v) is 4.43. The van der Waals surface area contributed by atoms with Crippen molar-refractivity contribution in [2.75, 3.05) is 0 Å². The highest BCUT2D eigenvalue weighted by molar-refractivity contribution is 5.38. The fourth-order valence-electron chi connectivity index (χ4n) is 1.94. The van der Waals surface area contributed by atoms with Gasteiger partial charge in [-0.15, -0.1) is 0 Å². The monoisotopic (exact) mass is 191 g/mol. The molecule has 1 aromatic carbocycles. The molecule has 0 spiro atoms. The normalized spacial score (nSPS) is 11.4. The highest BCUT2D eigenvalue weighted by Gasteiger charge is 2.11. The molecule has 0 heterocycles. The predicted molar refractivity (Wildman–Crippen MR) is 62.5 cm³/mol.